The fourth-order valence-corrected chi connectivity index (χ4v) is 3.25. The normalized spacial score (nSPS) is 13.3. The summed E-state index contributed by atoms with van der Waals surface area (Å²) in [6.45, 7) is 0. The zero-order chi connectivity index (χ0) is 17.2. The number of aryl methyl sites for hydroxylation is 2. The van der Waals surface area contributed by atoms with Crippen LogP contribution >= 0.6 is 11.6 Å². The number of carbonyl (C=O) groups excluding carboxylic acids is 1. The molecule has 1 N–H and O–H groups in total. The largest absolute Gasteiger partial charge is 0.403 e. The number of nitrogens with zero attached hydrogens (tertiary/aromatic N) is 2. The minimum Gasteiger partial charge on any atom is -0.403 e. The van der Waals surface area contributed by atoms with Crippen LogP contribution in [0.5, 0.6) is 0 Å². The fraction of sp³-hybridized carbons (Fsp3) is 0.211. The maximum Gasteiger partial charge on any atom is 0.322 e. The van der Waals surface area contributed by atoms with Gasteiger partial charge in [0.15, 0.2) is 0 Å². The van der Waals surface area contributed by atoms with Crippen molar-refractivity contribution in [2.24, 2.45) is 0 Å². The molecule has 3 aromatic rings. The average Bonchev–Trinajstić information content (AvgIpc) is 3.10. The first-order valence-corrected chi connectivity index (χ1v) is 8.59. The van der Waals surface area contributed by atoms with Crippen LogP contribution in [-0.2, 0) is 12.8 Å². The summed E-state index contributed by atoms with van der Waals surface area (Å²) in [7, 11) is 0. The zero-order valence-corrected chi connectivity index (χ0v) is 14.2. The highest BCUT2D eigenvalue weighted by molar-refractivity contribution is 6.31. The number of nitrogens with one attached hydrogen (secondary N) is 1. The van der Waals surface area contributed by atoms with E-state index in [0.717, 1.165) is 18.4 Å². The number of benzene rings is 2. The van der Waals surface area contributed by atoms with Gasteiger partial charge in [0.1, 0.15) is 0 Å². The maximum absolute atomic E-state index is 12.2. The Labute approximate surface area is 150 Å². The van der Waals surface area contributed by atoms with Crippen molar-refractivity contribution in [3.05, 3.63) is 64.2 Å². The van der Waals surface area contributed by atoms with Crippen LogP contribution in [0.15, 0.2) is 46.9 Å². The summed E-state index contributed by atoms with van der Waals surface area (Å²) in [5.74, 6) is 0.0536. The summed E-state index contributed by atoms with van der Waals surface area (Å²) in [6.07, 6.45) is 4.66. The Balaban J connectivity index is 1.53. The van der Waals surface area contributed by atoms with Gasteiger partial charge in [-0.25, -0.2) is 0 Å². The number of anilines is 1. The van der Waals surface area contributed by atoms with Gasteiger partial charge in [-0.05, 0) is 67.1 Å². The first kappa shape index (κ1) is 15.8. The first-order chi connectivity index (χ1) is 12.2. The molecular formula is C19H16ClN3O2. The Bertz CT molecular complexity index is 936. The minimum absolute atomic E-state index is 0.0673. The molecule has 0 spiro atoms. The quantitative estimate of drug-likeness (QED) is 0.751. The Hall–Kier alpha value is -2.66. The Morgan fingerprint density at radius 2 is 1.88 bits per heavy atom. The van der Waals surface area contributed by atoms with Crippen LogP contribution in [0.3, 0.4) is 0 Å². The van der Waals surface area contributed by atoms with Crippen LogP contribution in [0.1, 0.15) is 34.3 Å². The lowest BCUT2D eigenvalue weighted by Crippen LogP contribution is -2.11. The molecule has 0 fully saturated rings. The van der Waals surface area contributed by atoms with Gasteiger partial charge in [-0.2, -0.15) is 0 Å². The molecule has 5 nitrogen and oxygen atoms in total. The molecule has 0 atom stereocenters. The molecule has 0 unspecified atom stereocenters. The van der Waals surface area contributed by atoms with Crippen molar-refractivity contribution < 1.29 is 9.21 Å². The highest BCUT2D eigenvalue weighted by atomic mass is 35.5. The van der Waals surface area contributed by atoms with Crippen molar-refractivity contribution in [2.45, 2.75) is 25.7 Å². The molecule has 6 heteroatoms. The van der Waals surface area contributed by atoms with Crippen molar-refractivity contribution in [2.75, 3.05) is 5.32 Å². The van der Waals surface area contributed by atoms with Crippen molar-refractivity contribution >= 4 is 23.5 Å². The Morgan fingerprint density at radius 1 is 1.04 bits per heavy atom. The Morgan fingerprint density at radius 3 is 2.72 bits per heavy atom. The smallest absolute Gasteiger partial charge is 0.322 e. The fourth-order valence-electron chi connectivity index (χ4n) is 3.06. The van der Waals surface area contributed by atoms with E-state index in [1.807, 2.05) is 6.07 Å². The highest BCUT2D eigenvalue weighted by Gasteiger charge is 2.15. The third-order valence-electron chi connectivity index (χ3n) is 4.33. The number of hydrogen-bond donors (Lipinski definition) is 1. The van der Waals surface area contributed by atoms with Crippen molar-refractivity contribution in [3.8, 4) is 11.5 Å². The predicted octanol–water partition coefficient (Wildman–Crippen LogP) is 4.52. The molecule has 1 aliphatic rings. The number of rotatable bonds is 3. The van der Waals surface area contributed by atoms with E-state index in [2.05, 4.69) is 27.6 Å². The third kappa shape index (κ3) is 3.42. The molecular weight excluding hydrogens is 338 g/mol. The van der Waals surface area contributed by atoms with Crippen molar-refractivity contribution in [1.82, 2.24) is 10.2 Å². The Kier molecular flexibility index (Phi) is 4.24. The van der Waals surface area contributed by atoms with Crippen LogP contribution < -0.4 is 5.32 Å². The second kappa shape index (κ2) is 6.69. The SMILES string of the molecule is O=C(Nc1nnc(-c2ccc3c(c2)CCCC3)o1)c1cccc(Cl)c1. The summed E-state index contributed by atoms with van der Waals surface area (Å²) >= 11 is 5.90. The van der Waals surface area contributed by atoms with Crippen LogP contribution in [0, 0.1) is 0 Å². The summed E-state index contributed by atoms with van der Waals surface area (Å²) in [5.41, 5.74) is 4.04. The summed E-state index contributed by atoms with van der Waals surface area (Å²) in [5, 5.41) is 11.0. The molecule has 126 valence electrons. The van der Waals surface area contributed by atoms with Gasteiger partial charge in [0.2, 0.25) is 5.89 Å². The van der Waals surface area contributed by atoms with E-state index in [1.165, 1.54) is 24.0 Å². The van der Waals surface area contributed by atoms with E-state index in [-0.39, 0.29) is 11.9 Å². The van der Waals surface area contributed by atoms with Crippen LogP contribution in [0.2, 0.25) is 5.02 Å². The molecule has 0 bridgehead atoms. The molecule has 0 radical (unpaired) electrons. The molecule has 2 aromatic carbocycles. The van der Waals surface area contributed by atoms with Gasteiger partial charge in [0.25, 0.3) is 5.91 Å². The molecule has 1 aliphatic carbocycles. The first-order valence-electron chi connectivity index (χ1n) is 8.22. The van der Waals surface area contributed by atoms with Gasteiger partial charge < -0.3 is 4.42 Å². The van der Waals surface area contributed by atoms with Gasteiger partial charge in [-0.1, -0.05) is 28.8 Å². The number of hydrogen-bond acceptors (Lipinski definition) is 4. The third-order valence-corrected chi connectivity index (χ3v) is 4.56. The molecule has 0 aliphatic heterocycles. The van der Waals surface area contributed by atoms with E-state index >= 15 is 0 Å². The minimum atomic E-state index is -0.344. The predicted molar refractivity (Wildman–Crippen MR) is 95.8 cm³/mol. The lowest BCUT2D eigenvalue weighted by Gasteiger charge is -2.15. The lowest BCUT2D eigenvalue weighted by atomic mass is 9.90. The van der Waals surface area contributed by atoms with E-state index in [4.69, 9.17) is 16.0 Å². The van der Waals surface area contributed by atoms with Gasteiger partial charge in [-0.3, -0.25) is 10.1 Å². The number of carbonyl (C=O) groups is 1. The standard InChI is InChI=1S/C19H16ClN3O2/c20-16-7-3-6-14(11-16)17(24)21-19-23-22-18(25-19)15-9-8-12-4-1-2-5-13(12)10-15/h3,6-11H,1-2,4-5H2,(H,21,23,24). The van der Waals surface area contributed by atoms with Gasteiger partial charge in [-0.15, -0.1) is 5.10 Å². The molecule has 0 saturated carbocycles. The van der Waals surface area contributed by atoms with Gasteiger partial charge in [0, 0.05) is 16.1 Å². The summed E-state index contributed by atoms with van der Waals surface area (Å²) in [4.78, 5) is 12.2. The van der Waals surface area contributed by atoms with Crippen LogP contribution in [0.25, 0.3) is 11.5 Å². The molecule has 1 amide bonds. The van der Waals surface area contributed by atoms with Crippen LogP contribution in [-0.4, -0.2) is 16.1 Å². The second-order valence-corrected chi connectivity index (χ2v) is 6.50. The van der Waals surface area contributed by atoms with Crippen LogP contribution in [0.4, 0.5) is 6.01 Å². The molecule has 1 aromatic heterocycles. The van der Waals surface area contributed by atoms with E-state index in [0.29, 0.717) is 16.5 Å². The highest BCUT2D eigenvalue weighted by Crippen LogP contribution is 2.27. The second-order valence-electron chi connectivity index (χ2n) is 6.07. The molecule has 1 heterocycles. The van der Waals surface area contributed by atoms with Crippen molar-refractivity contribution in [3.63, 3.8) is 0 Å². The van der Waals surface area contributed by atoms with Gasteiger partial charge >= 0.3 is 6.01 Å². The number of halogens is 1. The van der Waals surface area contributed by atoms with Crippen molar-refractivity contribution in [1.29, 1.82) is 0 Å². The van der Waals surface area contributed by atoms with Gasteiger partial charge in [0.05, 0.1) is 0 Å². The van der Waals surface area contributed by atoms with E-state index in [1.54, 1.807) is 24.3 Å². The van der Waals surface area contributed by atoms with E-state index < -0.39 is 0 Å². The molecule has 4 rings (SSSR count). The lowest BCUT2D eigenvalue weighted by molar-refractivity contribution is 0.102. The average molecular weight is 354 g/mol. The molecule has 0 saturated heterocycles. The van der Waals surface area contributed by atoms with E-state index in [9.17, 15) is 4.79 Å². The molecule has 25 heavy (non-hydrogen) atoms. The number of aromatic nitrogens is 2. The number of amides is 1. The maximum atomic E-state index is 12.2. The topological polar surface area (TPSA) is 68.0 Å². The zero-order valence-electron chi connectivity index (χ0n) is 13.5. The summed E-state index contributed by atoms with van der Waals surface area (Å²) < 4.78 is 5.60. The monoisotopic (exact) mass is 353 g/mol. The number of fused-ring (bicyclic) bond motifs is 1. The summed E-state index contributed by atoms with van der Waals surface area (Å²) in [6, 6.07) is 12.9.